The van der Waals surface area contributed by atoms with Gasteiger partial charge < -0.3 is 0 Å². The summed E-state index contributed by atoms with van der Waals surface area (Å²) in [4.78, 5) is 0. The fourth-order valence-corrected chi connectivity index (χ4v) is 1.51. The van der Waals surface area contributed by atoms with Gasteiger partial charge in [0, 0.05) is 0 Å². The molecule has 0 aliphatic carbocycles. The Bertz CT molecular complexity index is 696. The van der Waals surface area contributed by atoms with Crippen LogP contribution in [0.15, 0.2) is 44.3 Å². The second kappa shape index (κ2) is 11.3. The van der Waals surface area contributed by atoms with Gasteiger partial charge in [-0.05, 0) is 0 Å². The van der Waals surface area contributed by atoms with E-state index in [1.807, 2.05) is 0 Å². The zero-order chi connectivity index (χ0) is 13.6. The summed E-state index contributed by atoms with van der Waals surface area (Å²) in [5, 5.41) is 0. The second-order valence-electron chi connectivity index (χ2n) is 1.80. The Kier molecular flexibility index (Phi) is 7.63. The Morgan fingerprint density at radius 1 is 1.31 bits per heavy atom. The van der Waals surface area contributed by atoms with Crippen LogP contribution in [0, 0.1) is 34.0 Å². The van der Waals surface area contributed by atoms with Crippen molar-refractivity contribution in [3.8, 4) is 34.0 Å². The molecule has 0 amide bonds. The van der Waals surface area contributed by atoms with Crippen molar-refractivity contribution in [3.05, 3.63) is 44.3 Å². The number of hydrogen-bond donors (Lipinski definition) is 0. The van der Waals surface area contributed by atoms with Gasteiger partial charge in [0.05, 0.1) is 0 Å². The van der Waals surface area contributed by atoms with Gasteiger partial charge >= 0.3 is 111 Å². The summed E-state index contributed by atoms with van der Waals surface area (Å²) < 4.78 is 18.0. The maximum atomic E-state index is 7.37. The predicted octanol–water partition coefficient (Wildman–Crippen LogP) is -1.05. The molecule has 0 aliphatic heterocycles. The van der Waals surface area contributed by atoms with Crippen molar-refractivity contribution in [1.82, 2.24) is 0 Å². The van der Waals surface area contributed by atoms with E-state index in [1.54, 1.807) is 0 Å². The van der Waals surface area contributed by atoms with E-state index in [4.69, 9.17) is 8.98 Å². The molecule has 0 bridgehead atoms. The summed E-state index contributed by atoms with van der Waals surface area (Å²) in [6.07, 6.45) is 4.93. The van der Waals surface area contributed by atoms with E-state index in [-0.39, 0.29) is 0 Å². The maximum absolute atomic E-state index is 7.37. The fourth-order valence-electron chi connectivity index (χ4n) is 0.372. The van der Waals surface area contributed by atoms with Crippen LogP contribution in [0.5, 0.6) is 0 Å². The molecule has 0 radical (unpaired) electrons. The van der Waals surface area contributed by atoms with Crippen LogP contribution in [-0.4, -0.2) is 2.56 Å². The minimum atomic E-state index is -1.73. The van der Waals surface area contributed by atoms with Crippen LogP contribution in [0.1, 0.15) is 0 Å². The molecule has 0 rings (SSSR count). The van der Waals surface area contributed by atoms with Gasteiger partial charge in [-0.1, -0.05) is 0 Å². The topological polar surface area (TPSA) is 0 Å². The van der Waals surface area contributed by atoms with Crippen LogP contribution >= 0.6 is 9.13 Å². The van der Waals surface area contributed by atoms with Gasteiger partial charge in [-0.2, -0.15) is 0 Å². The third kappa shape index (κ3) is 10.3. The van der Waals surface area contributed by atoms with Crippen molar-refractivity contribution in [2.75, 3.05) is 0 Å². The molecule has 0 nitrogen and oxygen atoms in total. The van der Waals surface area contributed by atoms with E-state index in [2.05, 4.69) is 68.6 Å². The first-order valence-corrected chi connectivity index (χ1v) is 6.35. The molecule has 0 N–H and O–H groups in total. The molecule has 0 spiro atoms. The third-order valence-electron chi connectivity index (χ3n) is 0.823. The Morgan fingerprint density at radius 2 is 2.12 bits per heavy atom. The Balaban J connectivity index is 5.24. The van der Waals surface area contributed by atoms with E-state index in [9.17, 15) is 0 Å². The molecule has 1 atom stereocenters. The number of terminal acetylenes is 1. The molecule has 1 unspecified atom stereocenters. The summed E-state index contributed by atoms with van der Waals surface area (Å²) in [6, 6.07) is 0. The Labute approximate surface area is 111 Å². The van der Waals surface area contributed by atoms with E-state index in [0.29, 0.717) is 3.32 Å². The zero-order valence-corrected chi connectivity index (χ0v) is 11.2. The van der Waals surface area contributed by atoms with E-state index >= 15 is 0 Å². The summed E-state index contributed by atoms with van der Waals surface area (Å²) in [5.74, 6) is 9.53. The molecule has 0 heterocycles. The molecular formula is C14H5IP-. The molecule has 0 saturated carbocycles. The van der Waals surface area contributed by atoms with Gasteiger partial charge in [-0.25, -0.2) is 0 Å². The quantitative estimate of drug-likeness (QED) is 0.262. The van der Waals surface area contributed by atoms with E-state index in [0.717, 1.165) is 0 Å². The van der Waals surface area contributed by atoms with Gasteiger partial charge in [0.25, 0.3) is 0 Å². The van der Waals surface area contributed by atoms with Crippen LogP contribution in [-0.2, 0) is 0 Å². The normalized spacial score (nSPS) is 8.94. The first-order valence-electron chi connectivity index (χ1n) is 4.64. The molecule has 0 aromatic carbocycles. The van der Waals surface area contributed by atoms with Crippen LogP contribution < -0.4 is 21.2 Å². The van der Waals surface area contributed by atoms with Crippen LogP contribution in [0.4, 0.5) is 0 Å². The first-order chi connectivity index (χ1) is 8.72. The monoisotopic (exact) mass is 334 g/mol. The van der Waals surface area contributed by atoms with Crippen molar-refractivity contribution < 1.29 is 21.2 Å². The fraction of sp³-hybridized carbons (Fsp3) is 0. The van der Waals surface area contributed by atoms with Crippen molar-refractivity contribution in [2.45, 2.75) is 0 Å². The molecule has 0 fully saturated rings. The van der Waals surface area contributed by atoms with E-state index in [1.165, 1.54) is 0 Å². The van der Waals surface area contributed by atoms with Crippen molar-refractivity contribution in [3.63, 3.8) is 0 Å². The summed E-state index contributed by atoms with van der Waals surface area (Å²) in [6.45, 7) is 3.30. The van der Waals surface area contributed by atoms with Crippen LogP contribution in [0.3, 0.4) is 0 Å². The summed E-state index contributed by atoms with van der Waals surface area (Å²) in [5.41, 5.74) is 15.0. The Hall–Kier alpha value is -1.74. The molecular weight excluding hydrogens is 326 g/mol. The van der Waals surface area contributed by atoms with Crippen molar-refractivity contribution in [1.29, 1.82) is 2.56 Å². The molecule has 0 aromatic rings. The van der Waals surface area contributed by atoms with Gasteiger partial charge in [-0.15, -0.1) is 0 Å². The SMILES string of the molecule is [2H]P([3H])C(=C=C=C=C=C=C=C)[I-]C#CC#CC#C. The Morgan fingerprint density at radius 3 is 2.81 bits per heavy atom. The van der Waals surface area contributed by atoms with E-state index < -0.39 is 30.3 Å². The standard InChI is InChI=1S/C14H5IP/c1-3-5-7-9-10-12-14(16)15-13-11-8-6-4-2/h2H,1,16H2/q-1/i16TD. The summed E-state index contributed by atoms with van der Waals surface area (Å²) in [7, 11) is -1.73. The molecule has 0 saturated heterocycles. The van der Waals surface area contributed by atoms with Crippen LogP contribution in [0.25, 0.3) is 0 Å². The minimum absolute atomic E-state index is 0.524. The molecule has 74 valence electrons. The van der Waals surface area contributed by atoms with Crippen LogP contribution in [0.2, 0.25) is 0 Å². The molecule has 2 heteroatoms. The number of halogens is 1. The van der Waals surface area contributed by atoms with Crippen molar-refractivity contribution in [2.24, 2.45) is 0 Å². The second-order valence-corrected chi connectivity index (χ2v) is 5.26. The van der Waals surface area contributed by atoms with Gasteiger partial charge in [0.1, 0.15) is 0 Å². The van der Waals surface area contributed by atoms with Crippen molar-refractivity contribution >= 4 is 9.13 Å². The number of hydrogen-bond acceptors (Lipinski definition) is 0. The first kappa shape index (κ1) is 10.8. The third-order valence-corrected chi connectivity index (χ3v) is 2.82. The average Bonchev–Trinajstić information content (AvgIpc) is 2.35. The van der Waals surface area contributed by atoms with Gasteiger partial charge in [-0.3, -0.25) is 0 Å². The molecule has 16 heavy (non-hydrogen) atoms. The average molecular weight is 334 g/mol. The number of rotatable bonds is 2. The zero-order valence-electron chi connectivity index (χ0n) is 10.1. The molecule has 0 aromatic heterocycles. The molecule has 0 aliphatic rings. The van der Waals surface area contributed by atoms with Gasteiger partial charge in [0.2, 0.25) is 0 Å². The van der Waals surface area contributed by atoms with Gasteiger partial charge in [0.15, 0.2) is 0 Å². The summed E-state index contributed by atoms with van der Waals surface area (Å²) >= 11 is -0.777. The predicted molar refractivity (Wildman–Crippen MR) is 64.3 cm³/mol.